The van der Waals surface area contributed by atoms with Gasteiger partial charge in [0.1, 0.15) is 12.4 Å². The molecule has 4 aliphatic carbocycles. The number of rotatable bonds is 9. The maximum absolute atomic E-state index is 12.4. The Morgan fingerprint density at radius 2 is 2.02 bits per heavy atom. The molecule has 1 aromatic heterocycles. The van der Waals surface area contributed by atoms with Crippen molar-refractivity contribution in [3.05, 3.63) is 53.3 Å². The number of aryl methyl sites for hydroxylation is 1. The Labute approximate surface area is 240 Å². The average molecular weight is 552 g/mol. The Morgan fingerprint density at radius 3 is 2.70 bits per heavy atom. The normalized spacial score (nSPS) is 35.0. The van der Waals surface area contributed by atoms with Crippen molar-refractivity contribution < 1.29 is 24.2 Å². The minimum atomic E-state index is -0.649. The summed E-state index contributed by atoms with van der Waals surface area (Å²) in [6, 6.07) is 0. The molecule has 7 atom stereocenters. The fourth-order valence-electron chi connectivity index (χ4n) is 8.38. The van der Waals surface area contributed by atoms with Crippen molar-refractivity contribution in [2.45, 2.75) is 128 Å². The van der Waals surface area contributed by atoms with Crippen LogP contribution in [0.2, 0.25) is 0 Å². The van der Waals surface area contributed by atoms with Gasteiger partial charge in [0.05, 0.1) is 23.3 Å². The summed E-state index contributed by atoms with van der Waals surface area (Å²) in [5, 5.41) is 20.4. The molecule has 1 heterocycles. The number of allylic oxidation sites excluding steroid dienone is 3. The zero-order valence-corrected chi connectivity index (χ0v) is 25.0. The zero-order valence-electron chi connectivity index (χ0n) is 25.0. The highest BCUT2D eigenvalue weighted by Gasteiger charge is 2.57. The first-order chi connectivity index (χ1) is 19.1. The Bertz CT molecular complexity index is 1160. The van der Waals surface area contributed by atoms with Gasteiger partial charge in [-0.1, -0.05) is 45.1 Å². The summed E-state index contributed by atoms with van der Waals surface area (Å²) in [6.07, 6.45) is 15.9. The molecule has 4 aliphatic rings. The van der Waals surface area contributed by atoms with Crippen LogP contribution in [0.1, 0.15) is 109 Å². The summed E-state index contributed by atoms with van der Waals surface area (Å²) in [5.41, 5.74) is 4.12. The number of aliphatic hydroxyl groups excluding tert-OH is 2. The van der Waals surface area contributed by atoms with Crippen molar-refractivity contribution in [3.8, 4) is 0 Å². The molecule has 220 valence electrons. The van der Waals surface area contributed by atoms with E-state index in [1.807, 2.05) is 13.8 Å². The van der Waals surface area contributed by atoms with Gasteiger partial charge in [-0.15, -0.1) is 0 Å². The van der Waals surface area contributed by atoms with Crippen molar-refractivity contribution in [2.75, 3.05) is 0 Å². The van der Waals surface area contributed by atoms with Crippen molar-refractivity contribution in [1.82, 2.24) is 4.98 Å². The van der Waals surface area contributed by atoms with Crippen LogP contribution in [0, 0.1) is 30.1 Å². The molecule has 0 amide bonds. The van der Waals surface area contributed by atoms with E-state index in [2.05, 4.69) is 37.6 Å². The van der Waals surface area contributed by atoms with Crippen LogP contribution < -0.4 is 0 Å². The Balaban J connectivity index is 1.28. The summed E-state index contributed by atoms with van der Waals surface area (Å²) in [7, 11) is 0. The topological polar surface area (TPSA) is 92.8 Å². The van der Waals surface area contributed by atoms with Crippen LogP contribution in [0.25, 0.3) is 0 Å². The van der Waals surface area contributed by atoms with E-state index in [1.54, 1.807) is 6.26 Å². The van der Waals surface area contributed by atoms with Crippen molar-refractivity contribution in [3.63, 3.8) is 0 Å². The molecule has 0 saturated heterocycles. The number of carbonyl (C=O) groups is 1. The third kappa shape index (κ3) is 5.63. The number of oxazole rings is 1. The number of ether oxygens (including phenoxy) is 1. The van der Waals surface area contributed by atoms with Crippen LogP contribution in [0.3, 0.4) is 0 Å². The van der Waals surface area contributed by atoms with E-state index >= 15 is 0 Å². The molecule has 40 heavy (non-hydrogen) atoms. The fourth-order valence-corrected chi connectivity index (χ4v) is 8.38. The molecule has 0 spiro atoms. The summed E-state index contributed by atoms with van der Waals surface area (Å²) in [4.78, 5) is 17.1. The molecule has 1 aromatic rings. The summed E-state index contributed by atoms with van der Waals surface area (Å²) in [5.74, 6) is 2.31. The standard InChI is InChI=1S/C34H49NO5/c1-6-31(38)40-30(34(16-17-34)32-35-22(3)20-39-32)14-9-21(2)27-12-13-28-24(8-7-15-33(27,28)5)10-11-25-18-26(36)19-29(37)23(25)4/h10-11,20-21,26-30,36-37H,4,6-9,12-19H2,1-3,5H3/b24-10+,25-11-/t21-,26-,27-,28+,29+,30+,33-/m1/s1. The third-order valence-corrected chi connectivity index (χ3v) is 10.9. The lowest BCUT2D eigenvalue weighted by molar-refractivity contribution is -0.151. The summed E-state index contributed by atoms with van der Waals surface area (Å²) < 4.78 is 11.9. The maximum Gasteiger partial charge on any atom is 0.305 e. The van der Waals surface area contributed by atoms with E-state index in [9.17, 15) is 15.0 Å². The van der Waals surface area contributed by atoms with E-state index in [4.69, 9.17) is 9.15 Å². The second-order valence-corrected chi connectivity index (χ2v) is 13.5. The van der Waals surface area contributed by atoms with Gasteiger partial charge >= 0.3 is 5.97 Å². The maximum atomic E-state index is 12.4. The Hall–Kier alpha value is -2.18. The molecular weight excluding hydrogens is 502 g/mol. The quantitative estimate of drug-likeness (QED) is 0.325. The number of fused-ring (bicyclic) bond motifs is 1. The number of carbonyl (C=O) groups excluding carboxylic acids is 1. The molecule has 6 heteroatoms. The van der Waals surface area contributed by atoms with Crippen molar-refractivity contribution in [1.29, 1.82) is 0 Å². The number of hydrogen-bond donors (Lipinski definition) is 2. The highest BCUT2D eigenvalue weighted by Crippen LogP contribution is 2.60. The highest BCUT2D eigenvalue weighted by atomic mass is 16.5. The van der Waals surface area contributed by atoms with Gasteiger partial charge < -0.3 is 19.4 Å². The summed E-state index contributed by atoms with van der Waals surface area (Å²) in [6.45, 7) is 12.8. The lowest BCUT2D eigenvalue weighted by Crippen LogP contribution is -2.37. The van der Waals surface area contributed by atoms with E-state index in [1.165, 1.54) is 31.3 Å². The first kappa shape index (κ1) is 29.3. The van der Waals surface area contributed by atoms with Crippen LogP contribution >= 0.6 is 0 Å². The second kappa shape index (κ2) is 11.6. The van der Waals surface area contributed by atoms with Crippen LogP contribution in [-0.2, 0) is 14.9 Å². The number of aliphatic hydroxyl groups is 2. The van der Waals surface area contributed by atoms with Gasteiger partial charge in [0.15, 0.2) is 0 Å². The van der Waals surface area contributed by atoms with Crippen LogP contribution in [0.5, 0.6) is 0 Å². The molecule has 0 aliphatic heterocycles. The lowest BCUT2D eigenvalue weighted by atomic mass is 9.60. The van der Waals surface area contributed by atoms with Crippen molar-refractivity contribution in [2.24, 2.45) is 23.2 Å². The minimum absolute atomic E-state index is 0.142. The molecular formula is C34H49NO5. The highest BCUT2D eigenvalue weighted by molar-refractivity contribution is 5.69. The third-order valence-electron chi connectivity index (χ3n) is 10.9. The van der Waals surface area contributed by atoms with Crippen molar-refractivity contribution >= 4 is 5.97 Å². The molecule has 0 unspecified atom stereocenters. The van der Waals surface area contributed by atoms with Crippen LogP contribution in [0.15, 0.2) is 46.1 Å². The van der Waals surface area contributed by atoms with E-state index in [0.29, 0.717) is 37.0 Å². The number of esters is 1. The smallest absolute Gasteiger partial charge is 0.305 e. The van der Waals surface area contributed by atoms with Gasteiger partial charge in [-0.05, 0) is 105 Å². The van der Waals surface area contributed by atoms with E-state index in [0.717, 1.165) is 54.8 Å². The van der Waals surface area contributed by atoms with E-state index < -0.39 is 12.2 Å². The van der Waals surface area contributed by atoms with Gasteiger partial charge in [0.2, 0.25) is 5.89 Å². The fraction of sp³-hybridized carbons (Fsp3) is 0.706. The predicted octanol–water partition coefficient (Wildman–Crippen LogP) is 6.89. The van der Waals surface area contributed by atoms with Crippen LogP contribution in [-0.4, -0.2) is 39.5 Å². The largest absolute Gasteiger partial charge is 0.461 e. The molecule has 2 N–H and O–H groups in total. The molecule has 0 bridgehead atoms. The Morgan fingerprint density at radius 1 is 1.25 bits per heavy atom. The first-order valence-electron chi connectivity index (χ1n) is 15.6. The van der Waals surface area contributed by atoms with Gasteiger partial charge in [0.25, 0.3) is 0 Å². The summed E-state index contributed by atoms with van der Waals surface area (Å²) >= 11 is 0. The van der Waals surface area contributed by atoms with Gasteiger partial charge in [-0.25, -0.2) is 4.98 Å². The van der Waals surface area contributed by atoms with Gasteiger partial charge in [0, 0.05) is 12.8 Å². The molecule has 0 aromatic carbocycles. The zero-order chi connectivity index (χ0) is 28.7. The van der Waals surface area contributed by atoms with Gasteiger partial charge in [-0.2, -0.15) is 0 Å². The number of nitrogens with zero attached hydrogens (tertiary/aromatic N) is 1. The predicted molar refractivity (Wildman–Crippen MR) is 155 cm³/mol. The molecule has 6 nitrogen and oxygen atoms in total. The minimum Gasteiger partial charge on any atom is -0.461 e. The lowest BCUT2D eigenvalue weighted by Gasteiger charge is -2.44. The SMILES string of the molecule is C=C1/C(=C\C=C2/CCC[C@]3(C)[C@@H]([C@H](C)CC[C@H](OC(=O)CC)C4(c5nc(C)co5)CC4)CC[C@@H]23)C[C@@H](O)C[C@@H]1O. The van der Waals surface area contributed by atoms with Crippen LogP contribution in [0.4, 0.5) is 0 Å². The second-order valence-electron chi connectivity index (χ2n) is 13.5. The van der Waals surface area contributed by atoms with E-state index in [-0.39, 0.29) is 22.9 Å². The first-order valence-corrected chi connectivity index (χ1v) is 15.6. The molecule has 0 radical (unpaired) electrons. The average Bonchev–Trinajstić information content (AvgIpc) is 3.48. The monoisotopic (exact) mass is 551 g/mol. The number of hydrogen-bond acceptors (Lipinski definition) is 6. The Kier molecular flexibility index (Phi) is 8.50. The number of aromatic nitrogens is 1. The van der Waals surface area contributed by atoms with Gasteiger partial charge in [-0.3, -0.25) is 4.79 Å². The molecule has 4 saturated carbocycles. The molecule has 5 rings (SSSR count). The molecule has 4 fully saturated rings.